The van der Waals surface area contributed by atoms with E-state index in [1.54, 1.807) is 0 Å². The van der Waals surface area contributed by atoms with Crippen LogP contribution >= 0.6 is 11.6 Å². The number of amides is 1. The van der Waals surface area contributed by atoms with E-state index in [1.165, 1.54) is 16.7 Å². The fourth-order valence-electron chi connectivity index (χ4n) is 2.75. The molecule has 3 rings (SSSR count). The first kappa shape index (κ1) is 11.5. The zero-order chi connectivity index (χ0) is 12.5. The number of fused-ring (bicyclic) bond motifs is 3. The number of nitrogens with zero attached hydrogens (tertiary/aromatic N) is 1. The Labute approximate surface area is 112 Å². The number of carbonyl (C=O) groups excluding carboxylic acids is 1. The van der Waals surface area contributed by atoms with E-state index < -0.39 is 0 Å². The molecule has 0 fully saturated rings. The molecule has 0 saturated carbocycles. The molecule has 0 radical (unpaired) electrons. The van der Waals surface area contributed by atoms with Crippen molar-refractivity contribution in [2.45, 2.75) is 19.0 Å². The van der Waals surface area contributed by atoms with Crippen molar-refractivity contribution in [3.63, 3.8) is 0 Å². The van der Waals surface area contributed by atoms with Crippen LogP contribution in [0.2, 0.25) is 0 Å². The van der Waals surface area contributed by atoms with Crippen molar-refractivity contribution in [1.29, 1.82) is 0 Å². The van der Waals surface area contributed by atoms with Gasteiger partial charge in [-0.2, -0.15) is 0 Å². The molecule has 1 aromatic carbocycles. The Kier molecular flexibility index (Phi) is 2.96. The highest BCUT2D eigenvalue weighted by Crippen LogP contribution is 2.36. The fraction of sp³-hybridized carbons (Fsp3) is 0.267. The standard InChI is InChI=1S/C15H14ClNO/c16-9-15(18)17-10-11-5-1-2-6-12(11)13-7-3-4-8-14(13)17/h1-7,14H,8-10H2. The first-order chi connectivity index (χ1) is 8.81. The topological polar surface area (TPSA) is 20.3 Å². The largest absolute Gasteiger partial charge is 0.330 e. The second kappa shape index (κ2) is 4.62. The predicted octanol–water partition coefficient (Wildman–Crippen LogP) is 2.98. The molecule has 2 aliphatic rings. The summed E-state index contributed by atoms with van der Waals surface area (Å²) in [6.07, 6.45) is 7.16. The summed E-state index contributed by atoms with van der Waals surface area (Å²) in [4.78, 5) is 13.9. The van der Waals surface area contributed by atoms with Crippen molar-refractivity contribution in [3.8, 4) is 0 Å². The number of hydrogen-bond acceptors (Lipinski definition) is 1. The molecule has 2 nitrogen and oxygen atoms in total. The van der Waals surface area contributed by atoms with E-state index in [1.807, 2.05) is 17.0 Å². The highest BCUT2D eigenvalue weighted by molar-refractivity contribution is 6.27. The Morgan fingerprint density at radius 3 is 3.06 bits per heavy atom. The van der Waals surface area contributed by atoms with Crippen molar-refractivity contribution in [2.75, 3.05) is 5.88 Å². The van der Waals surface area contributed by atoms with E-state index in [9.17, 15) is 4.79 Å². The van der Waals surface area contributed by atoms with Crippen LogP contribution < -0.4 is 0 Å². The first-order valence-electron chi connectivity index (χ1n) is 6.11. The molecule has 0 bridgehead atoms. The summed E-state index contributed by atoms with van der Waals surface area (Å²) in [5, 5.41) is 0. The molecule has 1 atom stereocenters. The smallest absolute Gasteiger partial charge is 0.238 e. The van der Waals surface area contributed by atoms with Crippen LogP contribution in [0.4, 0.5) is 0 Å². The van der Waals surface area contributed by atoms with Gasteiger partial charge in [-0.05, 0) is 23.1 Å². The zero-order valence-corrected chi connectivity index (χ0v) is 10.7. The zero-order valence-electron chi connectivity index (χ0n) is 9.97. The second-order valence-corrected chi connectivity index (χ2v) is 4.88. The van der Waals surface area contributed by atoms with Gasteiger partial charge in [0.15, 0.2) is 0 Å². The van der Waals surface area contributed by atoms with Gasteiger partial charge in [-0.3, -0.25) is 4.79 Å². The lowest BCUT2D eigenvalue weighted by atomic mass is 9.85. The maximum absolute atomic E-state index is 12.0. The second-order valence-electron chi connectivity index (χ2n) is 4.61. The number of hydrogen-bond donors (Lipinski definition) is 0. The lowest BCUT2D eigenvalue weighted by Gasteiger charge is -2.39. The summed E-state index contributed by atoms with van der Waals surface area (Å²) in [6, 6.07) is 8.43. The molecule has 0 aromatic heterocycles. The molecule has 1 heterocycles. The van der Waals surface area contributed by atoms with Gasteiger partial charge in [0.05, 0.1) is 6.04 Å². The van der Waals surface area contributed by atoms with Gasteiger partial charge in [-0.1, -0.05) is 42.5 Å². The summed E-state index contributed by atoms with van der Waals surface area (Å²) in [6.45, 7) is 0.664. The van der Waals surface area contributed by atoms with Gasteiger partial charge in [0.25, 0.3) is 0 Å². The molecular formula is C15H14ClNO. The van der Waals surface area contributed by atoms with E-state index in [0.29, 0.717) is 6.54 Å². The van der Waals surface area contributed by atoms with E-state index >= 15 is 0 Å². The number of rotatable bonds is 1. The third-order valence-corrected chi connectivity index (χ3v) is 3.84. The molecule has 1 aromatic rings. The van der Waals surface area contributed by atoms with Crippen molar-refractivity contribution in [1.82, 2.24) is 4.90 Å². The van der Waals surface area contributed by atoms with Crippen LogP contribution in [0.3, 0.4) is 0 Å². The first-order valence-corrected chi connectivity index (χ1v) is 6.65. The highest BCUT2D eigenvalue weighted by atomic mass is 35.5. The lowest BCUT2D eigenvalue weighted by Crippen LogP contribution is -2.44. The van der Waals surface area contributed by atoms with Gasteiger partial charge in [-0.25, -0.2) is 0 Å². The summed E-state index contributed by atoms with van der Waals surface area (Å²) >= 11 is 5.71. The Balaban J connectivity index is 2.09. The van der Waals surface area contributed by atoms with Crippen LogP contribution in [0.25, 0.3) is 5.57 Å². The summed E-state index contributed by atoms with van der Waals surface area (Å²) < 4.78 is 0. The summed E-state index contributed by atoms with van der Waals surface area (Å²) in [7, 11) is 0. The molecule has 0 N–H and O–H groups in total. The molecule has 1 unspecified atom stereocenters. The van der Waals surface area contributed by atoms with Gasteiger partial charge >= 0.3 is 0 Å². The van der Waals surface area contributed by atoms with E-state index in [0.717, 1.165) is 6.42 Å². The summed E-state index contributed by atoms with van der Waals surface area (Å²) in [5.74, 6) is 0.0627. The highest BCUT2D eigenvalue weighted by Gasteiger charge is 2.32. The molecule has 1 aliphatic heterocycles. The van der Waals surface area contributed by atoms with Gasteiger partial charge in [0.1, 0.15) is 5.88 Å². The molecule has 92 valence electrons. The Hall–Kier alpha value is -1.54. The maximum atomic E-state index is 12.0. The molecular weight excluding hydrogens is 246 g/mol. The van der Waals surface area contributed by atoms with Gasteiger partial charge < -0.3 is 4.90 Å². The Morgan fingerprint density at radius 1 is 1.39 bits per heavy atom. The number of benzene rings is 1. The van der Waals surface area contributed by atoms with Crippen molar-refractivity contribution in [3.05, 3.63) is 53.6 Å². The number of carbonyl (C=O) groups is 1. The lowest BCUT2D eigenvalue weighted by molar-refractivity contribution is -0.130. The Bertz CT molecular complexity index is 547. The third-order valence-electron chi connectivity index (χ3n) is 3.61. The van der Waals surface area contributed by atoms with Crippen molar-refractivity contribution >= 4 is 23.1 Å². The van der Waals surface area contributed by atoms with Crippen LogP contribution in [0.1, 0.15) is 17.5 Å². The third kappa shape index (κ3) is 1.77. The quantitative estimate of drug-likeness (QED) is 0.710. The summed E-state index contributed by atoms with van der Waals surface area (Å²) in [5.41, 5.74) is 3.71. The van der Waals surface area contributed by atoms with Crippen molar-refractivity contribution in [2.24, 2.45) is 0 Å². The fourth-order valence-corrected chi connectivity index (χ4v) is 2.91. The molecule has 0 spiro atoms. The van der Waals surface area contributed by atoms with Crippen LogP contribution in [-0.2, 0) is 11.3 Å². The van der Waals surface area contributed by atoms with E-state index in [4.69, 9.17) is 11.6 Å². The van der Waals surface area contributed by atoms with Gasteiger partial charge in [0, 0.05) is 6.54 Å². The van der Waals surface area contributed by atoms with Crippen LogP contribution in [0, 0.1) is 0 Å². The van der Waals surface area contributed by atoms with Crippen LogP contribution in [0.5, 0.6) is 0 Å². The number of allylic oxidation sites excluding steroid dienone is 2. The average molecular weight is 260 g/mol. The Morgan fingerprint density at radius 2 is 2.22 bits per heavy atom. The molecule has 1 amide bonds. The maximum Gasteiger partial charge on any atom is 0.238 e. The van der Waals surface area contributed by atoms with Gasteiger partial charge in [-0.15, -0.1) is 11.6 Å². The van der Waals surface area contributed by atoms with Crippen LogP contribution in [0.15, 0.2) is 42.5 Å². The van der Waals surface area contributed by atoms with Crippen molar-refractivity contribution < 1.29 is 4.79 Å². The SMILES string of the molecule is O=C(CCl)N1Cc2ccccc2C2=CC=CCC21. The van der Waals surface area contributed by atoms with Crippen LogP contribution in [-0.4, -0.2) is 22.7 Å². The van der Waals surface area contributed by atoms with E-state index in [2.05, 4.69) is 30.4 Å². The molecule has 0 saturated heterocycles. The predicted molar refractivity (Wildman–Crippen MR) is 73.2 cm³/mol. The minimum absolute atomic E-state index is 0.0115. The number of halogens is 1. The number of alkyl halides is 1. The molecule has 1 aliphatic carbocycles. The molecule has 18 heavy (non-hydrogen) atoms. The minimum atomic E-state index is 0.0115. The van der Waals surface area contributed by atoms with E-state index in [-0.39, 0.29) is 17.8 Å². The van der Waals surface area contributed by atoms with Gasteiger partial charge in [0.2, 0.25) is 5.91 Å². The molecule has 3 heteroatoms. The normalized spacial score (nSPS) is 21.1. The average Bonchev–Trinajstić information content (AvgIpc) is 2.45. The monoisotopic (exact) mass is 259 g/mol. The minimum Gasteiger partial charge on any atom is -0.330 e.